The molecular formula is C57H36N4O. The second-order valence-electron chi connectivity index (χ2n) is 15.6. The molecule has 5 nitrogen and oxygen atoms in total. The number of hydrogen-bond donors (Lipinski definition) is 0. The van der Waals surface area contributed by atoms with Crippen molar-refractivity contribution in [3.63, 3.8) is 0 Å². The van der Waals surface area contributed by atoms with E-state index < -0.39 is 0 Å². The monoisotopic (exact) mass is 792 g/mol. The summed E-state index contributed by atoms with van der Waals surface area (Å²) < 4.78 is 8.98. The average Bonchev–Trinajstić information content (AvgIpc) is 3.88. The molecule has 9 aromatic carbocycles. The van der Waals surface area contributed by atoms with E-state index in [0.29, 0.717) is 17.5 Å². The first-order valence-corrected chi connectivity index (χ1v) is 20.8. The highest BCUT2D eigenvalue weighted by molar-refractivity contribution is 6.17. The van der Waals surface area contributed by atoms with Crippen molar-refractivity contribution < 1.29 is 4.42 Å². The summed E-state index contributed by atoms with van der Waals surface area (Å²) in [6, 6.07) is 76.3. The average molecular weight is 793 g/mol. The van der Waals surface area contributed by atoms with Crippen molar-refractivity contribution in [3.05, 3.63) is 218 Å². The maximum Gasteiger partial charge on any atom is 0.164 e. The van der Waals surface area contributed by atoms with Gasteiger partial charge in [0.2, 0.25) is 0 Å². The lowest BCUT2D eigenvalue weighted by Crippen LogP contribution is -2.00. The van der Waals surface area contributed by atoms with Gasteiger partial charge in [-0.2, -0.15) is 0 Å². The van der Waals surface area contributed by atoms with Gasteiger partial charge < -0.3 is 8.98 Å². The minimum atomic E-state index is 0.591. The minimum absolute atomic E-state index is 0.591. The molecule has 0 saturated carbocycles. The Labute approximate surface area is 357 Å². The molecule has 12 rings (SSSR count). The van der Waals surface area contributed by atoms with Gasteiger partial charge in [0, 0.05) is 43.9 Å². The lowest BCUT2D eigenvalue weighted by atomic mass is 10.0. The van der Waals surface area contributed by atoms with E-state index in [0.717, 1.165) is 83.0 Å². The Bertz CT molecular complexity index is 3490. The molecule has 0 saturated heterocycles. The fourth-order valence-electron chi connectivity index (χ4n) is 8.76. The largest absolute Gasteiger partial charge is 0.456 e. The van der Waals surface area contributed by atoms with Crippen LogP contribution in [0.5, 0.6) is 0 Å². The highest BCUT2D eigenvalue weighted by Gasteiger charge is 2.19. The van der Waals surface area contributed by atoms with Gasteiger partial charge in [0.05, 0.1) is 11.0 Å². The van der Waals surface area contributed by atoms with E-state index in [1.807, 2.05) is 18.2 Å². The molecule has 0 radical (unpaired) electrons. The van der Waals surface area contributed by atoms with Crippen LogP contribution >= 0.6 is 0 Å². The maximum atomic E-state index is 6.61. The van der Waals surface area contributed by atoms with Gasteiger partial charge in [-0.25, -0.2) is 15.0 Å². The zero-order chi connectivity index (χ0) is 41.0. The number of para-hydroxylation sites is 1. The van der Waals surface area contributed by atoms with Gasteiger partial charge >= 0.3 is 0 Å². The van der Waals surface area contributed by atoms with Crippen LogP contribution in [-0.4, -0.2) is 19.5 Å². The van der Waals surface area contributed by atoms with E-state index in [1.54, 1.807) is 0 Å². The Kier molecular flexibility index (Phi) is 8.42. The highest BCUT2D eigenvalue weighted by Crippen LogP contribution is 2.40. The van der Waals surface area contributed by atoms with Crippen LogP contribution in [0.3, 0.4) is 0 Å². The van der Waals surface area contributed by atoms with Crippen LogP contribution < -0.4 is 0 Å². The number of furan rings is 1. The third-order valence-electron chi connectivity index (χ3n) is 11.9. The second kappa shape index (κ2) is 14.7. The molecule has 3 aromatic heterocycles. The molecule has 0 aliphatic carbocycles. The molecule has 5 heteroatoms. The smallest absolute Gasteiger partial charge is 0.164 e. The molecule has 12 aromatic rings. The molecule has 0 spiro atoms. The Morgan fingerprint density at radius 2 is 0.742 bits per heavy atom. The SMILES string of the molecule is c1ccc(-c2ccc(-c3nc(-c4ccc(-c5ccccc5)cc4)nc(-c4ccc5oc6cc7c8ccccc8n(-c8cccc(-c9ccccc9)c8)c7cc6c5c4)n3)cc2)cc1. The number of nitrogens with zero attached hydrogens (tertiary/aromatic N) is 4. The van der Waals surface area contributed by atoms with Crippen molar-refractivity contribution in [1.82, 2.24) is 19.5 Å². The molecule has 290 valence electrons. The Hall–Kier alpha value is -8.41. The number of benzene rings is 9. The first kappa shape index (κ1) is 35.5. The molecule has 0 aliphatic rings. The molecule has 0 atom stereocenters. The molecular weight excluding hydrogens is 757 g/mol. The Morgan fingerprint density at radius 3 is 1.35 bits per heavy atom. The summed E-state index contributed by atoms with van der Waals surface area (Å²) >= 11 is 0. The topological polar surface area (TPSA) is 56.7 Å². The van der Waals surface area contributed by atoms with Crippen LogP contribution in [-0.2, 0) is 0 Å². The fourth-order valence-corrected chi connectivity index (χ4v) is 8.76. The summed E-state index contributed by atoms with van der Waals surface area (Å²) in [5, 5.41) is 4.34. The number of rotatable bonds is 7. The van der Waals surface area contributed by atoms with Gasteiger partial charge in [0.25, 0.3) is 0 Å². The number of hydrogen-bond acceptors (Lipinski definition) is 4. The van der Waals surface area contributed by atoms with E-state index in [-0.39, 0.29) is 0 Å². The molecule has 0 fully saturated rings. The molecule has 0 amide bonds. The minimum Gasteiger partial charge on any atom is -0.456 e. The standard InChI is InChI=1S/C57H36N4O/c1-4-13-37(14-5-1)40-23-27-42(28-24-40)55-58-56(43-29-25-41(26-30-43)38-15-6-2-7-16-38)60-57(59-55)45-31-32-53-49(34-45)50-35-52-48(36-54(50)62-53)47-21-10-11-22-51(47)61(52)46-20-12-19-44(33-46)39-17-8-3-9-18-39/h1-36H. The van der Waals surface area contributed by atoms with Crippen molar-refractivity contribution >= 4 is 43.7 Å². The van der Waals surface area contributed by atoms with Crippen molar-refractivity contribution in [3.8, 4) is 73.2 Å². The van der Waals surface area contributed by atoms with Crippen molar-refractivity contribution in [2.24, 2.45) is 0 Å². The summed E-state index contributed by atoms with van der Waals surface area (Å²) in [6.07, 6.45) is 0. The molecule has 0 N–H and O–H groups in total. The predicted octanol–water partition coefficient (Wildman–Crippen LogP) is 14.9. The normalized spacial score (nSPS) is 11.5. The zero-order valence-corrected chi connectivity index (χ0v) is 33.5. The van der Waals surface area contributed by atoms with Gasteiger partial charge in [-0.3, -0.25) is 0 Å². The summed E-state index contributed by atoms with van der Waals surface area (Å²) in [7, 11) is 0. The fraction of sp³-hybridized carbons (Fsp3) is 0. The van der Waals surface area contributed by atoms with E-state index in [4.69, 9.17) is 19.4 Å². The van der Waals surface area contributed by atoms with Crippen LogP contribution in [0.2, 0.25) is 0 Å². The summed E-state index contributed by atoms with van der Waals surface area (Å²) in [6.45, 7) is 0. The van der Waals surface area contributed by atoms with Crippen molar-refractivity contribution in [1.29, 1.82) is 0 Å². The van der Waals surface area contributed by atoms with E-state index in [9.17, 15) is 0 Å². The Morgan fingerprint density at radius 1 is 0.274 bits per heavy atom. The molecule has 3 heterocycles. The maximum absolute atomic E-state index is 6.61. The first-order chi connectivity index (χ1) is 30.7. The predicted molar refractivity (Wildman–Crippen MR) is 254 cm³/mol. The van der Waals surface area contributed by atoms with Crippen LogP contribution in [0.25, 0.3) is 117 Å². The van der Waals surface area contributed by atoms with Crippen LogP contribution in [0, 0.1) is 0 Å². The van der Waals surface area contributed by atoms with Gasteiger partial charge in [0.15, 0.2) is 17.5 Å². The van der Waals surface area contributed by atoms with Gasteiger partial charge in [-0.15, -0.1) is 0 Å². The van der Waals surface area contributed by atoms with Crippen molar-refractivity contribution in [2.45, 2.75) is 0 Å². The van der Waals surface area contributed by atoms with Gasteiger partial charge in [0.1, 0.15) is 11.2 Å². The summed E-state index contributed by atoms with van der Waals surface area (Å²) in [4.78, 5) is 15.4. The first-order valence-electron chi connectivity index (χ1n) is 20.8. The molecule has 62 heavy (non-hydrogen) atoms. The summed E-state index contributed by atoms with van der Waals surface area (Å²) in [5.74, 6) is 1.81. The third kappa shape index (κ3) is 6.23. The van der Waals surface area contributed by atoms with Crippen LogP contribution in [0.4, 0.5) is 0 Å². The van der Waals surface area contributed by atoms with Crippen molar-refractivity contribution in [2.75, 3.05) is 0 Å². The van der Waals surface area contributed by atoms with Crippen LogP contribution in [0.1, 0.15) is 0 Å². The van der Waals surface area contributed by atoms with E-state index in [1.165, 1.54) is 16.5 Å². The second-order valence-corrected chi connectivity index (χ2v) is 15.6. The number of aromatic nitrogens is 4. The zero-order valence-electron chi connectivity index (χ0n) is 33.5. The lowest BCUT2D eigenvalue weighted by Gasteiger charge is -2.10. The highest BCUT2D eigenvalue weighted by atomic mass is 16.3. The summed E-state index contributed by atoms with van der Waals surface area (Å²) in [5.41, 5.74) is 14.6. The molecule has 0 bridgehead atoms. The van der Waals surface area contributed by atoms with E-state index >= 15 is 0 Å². The number of fused-ring (bicyclic) bond motifs is 6. The quantitative estimate of drug-likeness (QED) is 0.161. The van der Waals surface area contributed by atoms with Gasteiger partial charge in [-0.1, -0.05) is 170 Å². The van der Waals surface area contributed by atoms with Gasteiger partial charge in [-0.05, 0) is 81.9 Å². The Balaban J connectivity index is 1.01. The van der Waals surface area contributed by atoms with E-state index in [2.05, 4.69) is 205 Å². The molecule has 0 aliphatic heterocycles. The lowest BCUT2D eigenvalue weighted by molar-refractivity contribution is 0.669. The molecule has 0 unspecified atom stereocenters. The third-order valence-corrected chi connectivity index (χ3v) is 11.9. The van der Waals surface area contributed by atoms with Crippen LogP contribution in [0.15, 0.2) is 223 Å².